The van der Waals surface area contributed by atoms with Crippen LogP contribution in [0.4, 0.5) is 11.6 Å². The molecule has 0 fully saturated rings. The molecule has 3 N–H and O–H groups in total. The van der Waals surface area contributed by atoms with Crippen molar-refractivity contribution in [3.05, 3.63) is 10.8 Å². The number of rotatable bonds is 5. The van der Waals surface area contributed by atoms with E-state index < -0.39 is 0 Å². The summed E-state index contributed by atoms with van der Waals surface area (Å²) in [6.07, 6.45) is 1.52. The van der Waals surface area contributed by atoms with Crippen LogP contribution in [0, 0.1) is 5.92 Å². The summed E-state index contributed by atoms with van der Waals surface area (Å²) >= 11 is 3.49. The SMILES string of the molecule is CC(C)CN(c1ncnc(NN)c1Br)C(C)C. The number of hydrazine groups is 1. The maximum absolute atomic E-state index is 5.41. The molecule has 17 heavy (non-hydrogen) atoms. The first-order valence-electron chi connectivity index (χ1n) is 5.71. The third-order valence-corrected chi connectivity index (χ3v) is 3.10. The van der Waals surface area contributed by atoms with E-state index in [0.29, 0.717) is 17.8 Å². The van der Waals surface area contributed by atoms with Crippen LogP contribution in [-0.2, 0) is 0 Å². The quantitative estimate of drug-likeness (QED) is 0.646. The summed E-state index contributed by atoms with van der Waals surface area (Å²) in [6, 6.07) is 0.370. The monoisotopic (exact) mass is 301 g/mol. The van der Waals surface area contributed by atoms with Gasteiger partial charge in [0.05, 0.1) is 0 Å². The molecule has 0 atom stereocenters. The maximum Gasteiger partial charge on any atom is 0.159 e. The van der Waals surface area contributed by atoms with E-state index in [1.165, 1.54) is 6.33 Å². The Morgan fingerprint density at radius 1 is 1.35 bits per heavy atom. The van der Waals surface area contributed by atoms with Gasteiger partial charge in [0.1, 0.15) is 16.6 Å². The first-order valence-corrected chi connectivity index (χ1v) is 6.50. The summed E-state index contributed by atoms with van der Waals surface area (Å²) < 4.78 is 0.803. The van der Waals surface area contributed by atoms with E-state index in [9.17, 15) is 0 Å². The Balaban J connectivity index is 3.09. The van der Waals surface area contributed by atoms with E-state index in [-0.39, 0.29) is 0 Å². The molecule has 0 aliphatic rings. The van der Waals surface area contributed by atoms with Crippen LogP contribution in [0.2, 0.25) is 0 Å². The third kappa shape index (κ3) is 3.54. The number of hydrogen-bond acceptors (Lipinski definition) is 5. The number of nitrogen functional groups attached to an aromatic ring is 1. The van der Waals surface area contributed by atoms with Crippen LogP contribution in [-0.4, -0.2) is 22.6 Å². The first kappa shape index (κ1) is 14.2. The number of anilines is 2. The average Bonchev–Trinajstić information content (AvgIpc) is 2.26. The molecule has 96 valence electrons. The van der Waals surface area contributed by atoms with Crippen LogP contribution in [0.5, 0.6) is 0 Å². The van der Waals surface area contributed by atoms with Gasteiger partial charge < -0.3 is 10.3 Å². The predicted molar refractivity (Wildman–Crippen MR) is 74.9 cm³/mol. The molecule has 0 aromatic carbocycles. The summed E-state index contributed by atoms with van der Waals surface area (Å²) in [5, 5.41) is 0. The molecular weight excluding hydrogens is 282 g/mol. The number of nitrogens with two attached hydrogens (primary N) is 1. The summed E-state index contributed by atoms with van der Waals surface area (Å²) in [4.78, 5) is 10.6. The topological polar surface area (TPSA) is 67.1 Å². The molecule has 1 rings (SSSR count). The zero-order chi connectivity index (χ0) is 13.0. The molecule has 0 saturated heterocycles. The van der Waals surface area contributed by atoms with E-state index in [1.54, 1.807) is 0 Å². The van der Waals surface area contributed by atoms with Gasteiger partial charge in [-0.05, 0) is 35.7 Å². The zero-order valence-corrected chi connectivity index (χ0v) is 12.3. The number of aromatic nitrogens is 2. The maximum atomic E-state index is 5.41. The second kappa shape index (κ2) is 6.16. The van der Waals surface area contributed by atoms with E-state index in [4.69, 9.17) is 5.84 Å². The normalized spacial score (nSPS) is 11.1. The smallest absolute Gasteiger partial charge is 0.159 e. The van der Waals surface area contributed by atoms with Crippen LogP contribution in [0.1, 0.15) is 27.7 Å². The van der Waals surface area contributed by atoms with E-state index in [2.05, 4.69) is 63.9 Å². The van der Waals surface area contributed by atoms with Gasteiger partial charge in [-0.1, -0.05) is 13.8 Å². The first-order chi connectivity index (χ1) is 7.97. The predicted octanol–water partition coefficient (Wildman–Crippen LogP) is 2.40. The number of hydrogen-bond donors (Lipinski definition) is 2. The molecule has 6 heteroatoms. The lowest BCUT2D eigenvalue weighted by Gasteiger charge is -2.30. The molecule has 0 radical (unpaired) electrons. The third-order valence-electron chi connectivity index (χ3n) is 2.37. The minimum absolute atomic E-state index is 0.370. The molecule has 0 unspecified atom stereocenters. The van der Waals surface area contributed by atoms with Gasteiger partial charge >= 0.3 is 0 Å². The highest BCUT2D eigenvalue weighted by Crippen LogP contribution is 2.30. The second-order valence-corrected chi connectivity index (χ2v) is 5.44. The molecule has 1 aromatic heterocycles. The Morgan fingerprint density at radius 3 is 2.47 bits per heavy atom. The molecule has 1 aromatic rings. The van der Waals surface area contributed by atoms with Gasteiger partial charge in [-0.15, -0.1) is 0 Å². The zero-order valence-electron chi connectivity index (χ0n) is 10.7. The Labute approximate surface area is 111 Å². The van der Waals surface area contributed by atoms with Crippen molar-refractivity contribution in [1.29, 1.82) is 0 Å². The molecule has 0 saturated carbocycles. The van der Waals surface area contributed by atoms with Crippen LogP contribution < -0.4 is 16.2 Å². The summed E-state index contributed by atoms with van der Waals surface area (Å²) in [6.45, 7) is 9.61. The van der Waals surface area contributed by atoms with Crippen LogP contribution in [0.3, 0.4) is 0 Å². The van der Waals surface area contributed by atoms with Crippen molar-refractivity contribution < 1.29 is 0 Å². The van der Waals surface area contributed by atoms with Crippen molar-refractivity contribution >= 4 is 27.6 Å². The van der Waals surface area contributed by atoms with E-state index >= 15 is 0 Å². The Morgan fingerprint density at radius 2 is 2.00 bits per heavy atom. The fourth-order valence-electron chi connectivity index (χ4n) is 1.60. The minimum Gasteiger partial charge on any atom is -0.353 e. The van der Waals surface area contributed by atoms with Crippen molar-refractivity contribution in [1.82, 2.24) is 9.97 Å². The fourth-order valence-corrected chi connectivity index (χ4v) is 2.14. The Kier molecular flexibility index (Phi) is 5.14. The Bertz CT molecular complexity index is 367. The highest BCUT2D eigenvalue weighted by atomic mass is 79.9. The van der Waals surface area contributed by atoms with Gasteiger partial charge in [-0.25, -0.2) is 15.8 Å². The average molecular weight is 302 g/mol. The lowest BCUT2D eigenvalue weighted by atomic mass is 10.2. The number of halogens is 1. The van der Waals surface area contributed by atoms with E-state index in [1.807, 2.05) is 0 Å². The van der Waals surface area contributed by atoms with Gasteiger partial charge in [0.15, 0.2) is 5.82 Å². The van der Waals surface area contributed by atoms with Crippen molar-refractivity contribution in [2.45, 2.75) is 33.7 Å². The largest absolute Gasteiger partial charge is 0.353 e. The molecule has 0 bridgehead atoms. The lowest BCUT2D eigenvalue weighted by molar-refractivity contribution is 0.565. The molecule has 0 spiro atoms. The summed E-state index contributed by atoms with van der Waals surface area (Å²) in [7, 11) is 0. The van der Waals surface area contributed by atoms with Gasteiger partial charge in [0, 0.05) is 12.6 Å². The highest BCUT2D eigenvalue weighted by Gasteiger charge is 2.18. The molecular formula is C11H20BrN5. The van der Waals surface area contributed by atoms with Gasteiger partial charge in [-0.2, -0.15) is 0 Å². The summed E-state index contributed by atoms with van der Waals surface area (Å²) in [5.74, 6) is 7.44. The minimum atomic E-state index is 0.370. The van der Waals surface area contributed by atoms with Gasteiger partial charge in [0.2, 0.25) is 0 Å². The Hall–Kier alpha value is -0.880. The van der Waals surface area contributed by atoms with Crippen molar-refractivity contribution in [3.63, 3.8) is 0 Å². The van der Waals surface area contributed by atoms with Crippen LogP contribution >= 0.6 is 15.9 Å². The molecule has 5 nitrogen and oxygen atoms in total. The molecule has 0 aliphatic heterocycles. The number of nitrogens with one attached hydrogen (secondary N) is 1. The molecule has 1 heterocycles. The number of nitrogens with zero attached hydrogens (tertiary/aromatic N) is 3. The molecule has 0 aliphatic carbocycles. The van der Waals surface area contributed by atoms with Crippen molar-refractivity contribution in [2.24, 2.45) is 11.8 Å². The fraction of sp³-hybridized carbons (Fsp3) is 0.636. The van der Waals surface area contributed by atoms with Crippen molar-refractivity contribution in [2.75, 3.05) is 16.9 Å². The summed E-state index contributed by atoms with van der Waals surface area (Å²) in [5.41, 5.74) is 2.56. The van der Waals surface area contributed by atoms with Crippen molar-refractivity contribution in [3.8, 4) is 0 Å². The van der Waals surface area contributed by atoms with Crippen LogP contribution in [0.25, 0.3) is 0 Å². The molecule has 0 amide bonds. The lowest BCUT2D eigenvalue weighted by Crippen LogP contribution is -2.35. The van der Waals surface area contributed by atoms with Gasteiger partial charge in [0.25, 0.3) is 0 Å². The second-order valence-electron chi connectivity index (χ2n) is 4.64. The highest BCUT2D eigenvalue weighted by molar-refractivity contribution is 9.10. The van der Waals surface area contributed by atoms with Gasteiger partial charge in [-0.3, -0.25) is 0 Å². The van der Waals surface area contributed by atoms with Crippen LogP contribution in [0.15, 0.2) is 10.8 Å². The standard InChI is InChI=1S/C11H20BrN5/c1-7(2)5-17(8(3)4)11-9(12)10(16-13)14-6-15-11/h6-8H,5,13H2,1-4H3,(H,14,15,16). The van der Waals surface area contributed by atoms with E-state index in [0.717, 1.165) is 16.8 Å².